The number of rotatable bonds is 2. The Hall–Kier alpha value is 0.0900. The highest BCUT2D eigenvalue weighted by atomic mass is 32.2. The first-order valence-corrected chi connectivity index (χ1v) is 10.4. The molecule has 4 nitrogen and oxygen atoms in total. The lowest BCUT2D eigenvalue weighted by atomic mass is 10.1. The van der Waals surface area contributed by atoms with Gasteiger partial charge in [-0.3, -0.25) is 9.69 Å². The Bertz CT molecular complexity index is 343. The van der Waals surface area contributed by atoms with E-state index in [1.807, 2.05) is 0 Å². The van der Waals surface area contributed by atoms with Crippen molar-refractivity contribution in [1.29, 1.82) is 0 Å². The summed E-state index contributed by atoms with van der Waals surface area (Å²) in [4.78, 5) is 17.2. The first-order chi connectivity index (χ1) is 10.3. The van der Waals surface area contributed by atoms with Crippen molar-refractivity contribution in [3.63, 3.8) is 0 Å². The second kappa shape index (κ2) is 8.09. The largest absolute Gasteiger partial charge is 0.381 e. The molecular formula is C15H26N2O2S2. The Balaban J connectivity index is 1.52. The van der Waals surface area contributed by atoms with Crippen molar-refractivity contribution >= 4 is 29.4 Å². The SMILES string of the molecule is O=C(C1CCOC1)N1CCCN(C2CSCCSC2)CC1. The van der Waals surface area contributed by atoms with E-state index >= 15 is 0 Å². The smallest absolute Gasteiger partial charge is 0.228 e. The van der Waals surface area contributed by atoms with E-state index < -0.39 is 0 Å². The fraction of sp³-hybridized carbons (Fsp3) is 0.933. The van der Waals surface area contributed by atoms with Crippen LogP contribution in [0.15, 0.2) is 0 Å². The minimum absolute atomic E-state index is 0.126. The number of carbonyl (C=O) groups excluding carboxylic acids is 1. The second-order valence-corrected chi connectivity index (χ2v) is 8.38. The van der Waals surface area contributed by atoms with Gasteiger partial charge in [-0.2, -0.15) is 23.5 Å². The average Bonchev–Trinajstić information content (AvgIpc) is 2.76. The monoisotopic (exact) mass is 330 g/mol. The van der Waals surface area contributed by atoms with Crippen molar-refractivity contribution < 1.29 is 9.53 Å². The zero-order valence-electron chi connectivity index (χ0n) is 12.7. The minimum atomic E-state index is 0.126. The molecule has 3 heterocycles. The standard InChI is InChI=1S/C15H26N2O2S2/c18-15(13-2-7-19-10-13)17-4-1-3-16(5-6-17)14-11-20-8-9-21-12-14/h13-14H,1-12H2. The Kier molecular flexibility index (Phi) is 6.15. The molecule has 3 aliphatic rings. The molecule has 21 heavy (non-hydrogen) atoms. The van der Waals surface area contributed by atoms with Crippen LogP contribution in [0.5, 0.6) is 0 Å². The molecule has 1 unspecified atom stereocenters. The van der Waals surface area contributed by atoms with Crippen molar-refractivity contribution in [2.45, 2.75) is 18.9 Å². The summed E-state index contributed by atoms with van der Waals surface area (Å²) < 4.78 is 5.37. The normalized spacial score (nSPS) is 30.1. The average molecular weight is 331 g/mol. The van der Waals surface area contributed by atoms with E-state index in [0.717, 1.165) is 45.6 Å². The van der Waals surface area contributed by atoms with Crippen LogP contribution in [0, 0.1) is 5.92 Å². The second-order valence-electron chi connectivity index (χ2n) is 6.08. The quantitative estimate of drug-likeness (QED) is 0.764. The molecule has 0 aromatic rings. The number of nitrogens with zero attached hydrogens (tertiary/aromatic N) is 2. The Morgan fingerprint density at radius 1 is 1.05 bits per heavy atom. The number of hydrogen-bond acceptors (Lipinski definition) is 5. The molecule has 3 saturated heterocycles. The number of ether oxygens (including phenoxy) is 1. The molecule has 0 radical (unpaired) electrons. The Morgan fingerprint density at radius 2 is 1.86 bits per heavy atom. The molecule has 3 rings (SSSR count). The first-order valence-electron chi connectivity index (χ1n) is 8.10. The summed E-state index contributed by atoms with van der Waals surface area (Å²) in [5.41, 5.74) is 0. The lowest BCUT2D eigenvalue weighted by Gasteiger charge is -2.29. The molecule has 0 saturated carbocycles. The maximum Gasteiger partial charge on any atom is 0.228 e. The summed E-state index contributed by atoms with van der Waals surface area (Å²) in [6.07, 6.45) is 2.03. The summed E-state index contributed by atoms with van der Waals surface area (Å²) >= 11 is 4.18. The first kappa shape index (κ1) is 16.0. The highest BCUT2D eigenvalue weighted by Crippen LogP contribution is 2.22. The highest BCUT2D eigenvalue weighted by molar-refractivity contribution is 8.03. The lowest BCUT2D eigenvalue weighted by molar-refractivity contribution is -0.135. The van der Waals surface area contributed by atoms with Gasteiger partial charge in [0.1, 0.15) is 0 Å². The molecule has 0 aliphatic carbocycles. The van der Waals surface area contributed by atoms with Crippen molar-refractivity contribution in [3.05, 3.63) is 0 Å². The predicted octanol–water partition coefficient (Wildman–Crippen LogP) is 1.41. The highest BCUT2D eigenvalue weighted by Gasteiger charge is 2.30. The molecule has 0 aromatic carbocycles. The molecule has 3 aliphatic heterocycles. The molecule has 120 valence electrons. The Labute approximate surface area is 136 Å². The van der Waals surface area contributed by atoms with Gasteiger partial charge >= 0.3 is 0 Å². The van der Waals surface area contributed by atoms with Crippen molar-refractivity contribution in [1.82, 2.24) is 9.80 Å². The van der Waals surface area contributed by atoms with Gasteiger partial charge in [-0.1, -0.05) is 0 Å². The van der Waals surface area contributed by atoms with Crippen molar-refractivity contribution in [3.8, 4) is 0 Å². The van der Waals surface area contributed by atoms with Crippen LogP contribution in [0.4, 0.5) is 0 Å². The summed E-state index contributed by atoms with van der Waals surface area (Å²) in [7, 11) is 0. The van der Waals surface area contributed by atoms with Crippen LogP contribution in [0.3, 0.4) is 0 Å². The topological polar surface area (TPSA) is 32.8 Å². The molecule has 6 heteroatoms. The third-order valence-corrected chi connectivity index (χ3v) is 7.11. The maximum atomic E-state index is 12.5. The molecular weight excluding hydrogens is 304 g/mol. The molecule has 0 N–H and O–H groups in total. The van der Waals surface area contributed by atoms with E-state index in [-0.39, 0.29) is 5.92 Å². The molecule has 3 fully saturated rings. The van der Waals surface area contributed by atoms with Gasteiger partial charge in [0.2, 0.25) is 5.91 Å². The van der Waals surface area contributed by atoms with Gasteiger partial charge in [0.15, 0.2) is 0 Å². The van der Waals surface area contributed by atoms with Crippen LogP contribution in [-0.2, 0) is 9.53 Å². The molecule has 0 bridgehead atoms. The van der Waals surface area contributed by atoms with Crippen LogP contribution in [0.25, 0.3) is 0 Å². The van der Waals surface area contributed by atoms with Crippen LogP contribution in [-0.4, -0.2) is 84.2 Å². The number of amides is 1. The van der Waals surface area contributed by atoms with Crippen molar-refractivity contribution in [2.75, 3.05) is 62.4 Å². The van der Waals surface area contributed by atoms with E-state index in [1.165, 1.54) is 23.0 Å². The zero-order chi connectivity index (χ0) is 14.5. The van der Waals surface area contributed by atoms with Crippen LogP contribution >= 0.6 is 23.5 Å². The van der Waals surface area contributed by atoms with Crippen molar-refractivity contribution in [2.24, 2.45) is 5.92 Å². The molecule has 0 spiro atoms. The molecule has 0 aromatic heterocycles. The van der Waals surface area contributed by atoms with E-state index in [4.69, 9.17) is 4.74 Å². The predicted molar refractivity (Wildman–Crippen MR) is 90.1 cm³/mol. The van der Waals surface area contributed by atoms with Crippen LogP contribution in [0.1, 0.15) is 12.8 Å². The van der Waals surface area contributed by atoms with E-state index in [1.54, 1.807) is 0 Å². The van der Waals surface area contributed by atoms with Gasteiger partial charge in [-0.25, -0.2) is 0 Å². The van der Waals surface area contributed by atoms with Gasteiger partial charge in [-0.15, -0.1) is 0 Å². The lowest BCUT2D eigenvalue weighted by Crippen LogP contribution is -2.43. The molecule has 1 amide bonds. The number of carbonyl (C=O) groups is 1. The summed E-state index contributed by atoms with van der Waals surface area (Å²) in [6, 6.07) is 0.701. The third-order valence-electron chi connectivity index (χ3n) is 4.63. The minimum Gasteiger partial charge on any atom is -0.381 e. The fourth-order valence-electron chi connectivity index (χ4n) is 3.33. The zero-order valence-corrected chi connectivity index (χ0v) is 14.3. The maximum absolute atomic E-state index is 12.5. The van der Waals surface area contributed by atoms with Crippen LogP contribution < -0.4 is 0 Å². The Morgan fingerprint density at radius 3 is 2.57 bits per heavy atom. The fourth-order valence-corrected chi connectivity index (χ4v) is 5.95. The van der Waals surface area contributed by atoms with E-state index in [0.29, 0.717) is 18.6 Å². The molecule has 1 atom stereocenters. The van der Waals surface area contributed by atoms with Gasteiger partial charge in [0.05, 0.1) is 12.5 Å². The van der Waals surface area contributed by atoms with Gasteiger partial charge in [0.25, 0.3) is 0 Å². The third kappa shape index (κ3) is 4.30. The number of thioether (sulfide) groups is 2. The van der Waals surface area contributed by atoms with Gasteiger partial charge < -0.3 is 9.64 Å². The number of hydrogen-bond donors (Lipinski definition) is 0. The van der Waals surface area contributed by atoms with Gasteiger partial charge in [0, 0.05) is 61.8 Å². The summed E-state index contributed by atoms with van der Waals surface area (Å²) in [5, 5.41) is 0. The summed E-state index contributed by atoms with van der Waals surface area (Å²) in [6.45, 7) is 5.42. The summed E-state index contributed by atoms with van der Waals surface area (Å²) in [5.74, 6) is 5.57. The van der Waals surface area contributed by atoms with Crippen LogP contribution in [0.2, 0.25) is 0 Å². The van der Waals surface area contributed by atoms with E-state index in [2.05, 4.69) is 33.3 Å². The van der Waals surface area contributed by atoms with E-state index in [9.17, 15) is 4.79 Å². The van der Waals surface area contributed by atoms with Gasteiger partial charge in [-0.05, 0) is 12.8 Å².